The fourth-order valence-corrected chi connectivity index (χ4v) is 1.61. The van der Waals surface area contributed by atoms with Crippen LogP contribution in [0.1, 0.15) is 18.2 Å². The van der Waals surface area contributed by atoms with E-state index in [2.05, 4.69) is 15.8 Å². The number of nitrogens with zero attached hydrogens (tertiary/aromatic N) is 2. The molecule has 1 atom stereocenters. The van der Waals surface area contributed by atoms with Gasteiger partial charge in [-0.15, -0.1) is 0 Å². The Hall–Kier alpha value is -1.12. The highest BCUT2D eigenvalue weighted by atomic mass is 32.1. The zero-order valence-corrected chi connectivity index (χ0v) is 8.35. The lowest BCUT2D eigenvalue weighted by molar-refractivity contribution is 0.208. The Morgan fingerprint density at radius 3 is 3.00 bits per heavy atom. The van der Waals surface area contributed by atoms with Crippen LogP contribution in [0.3, 0.4) is 0 Å². The van der Waals surface area contributed by atoms with Crippen LogP contribution in [0, 0.1) is 18.3 Å². The van der Waals surface area contributed by atoms with Gasteiger partial charge in [-0.1, -0.05) is 0 Å². The van der Waals surface area contributed by atoms with Gasteiger partial charge in [-0.2, -0.15) is 9.64 Å². The maximum atomic E-state index is 9.02. The third kappa shape index (κ3) is 2.41. The van der Waals surface area contributed by atoms with Crippen molar-refractivity contribution < 1.29 is 5.11 Å². The van der Waals surface area contributed by atoms with Crippen molar-refractivity contribution in [2.24, 2.45) is 0 Å². The van der Waals surface area contributed by atoms with E-state index in [1.807, 2.05) is 0 Å². The second-order valence-electron chi connectivity index (χ2n) is 2.81. The molecule has 1 aromatic heterocycles. The average molecular weight is 197 g/mol. The zero-order valence-electron chi connectivity index (χ0n) is 7.53. The Balaban J connectivity index is 2.73. The molecule has 0 aliphatic rings. The van der Waals surface area contributed by atoms with E-state index in [1.54, 1.807) is 13.8 Å². The van der Waals surface area contributed by atoms with Crippen molar-refractivity contribution in [2.45, 2.75) is 20.0 Å². The van der Waals surface area contributed by atoms with Crippen LogP contribution >= 0.6 is 11.5 Å². The highest BCUT2D eigenvalue weighted by Gasteiger charge is 2.09. The highest BCUT2D eigenvalue weighted by molar-refractivity contribution is 7.10. The van der Waals surface area contributed by atoms with Gasteiger partial charge in [0.2, 0.25) is 0 Å². The number of aryl methyl sites for hydroxylation is 1. The zero-order chi connectivity index (χ0) is 9.84. The standard InChI is InChI=1S/C8H11N3OS/c1-5(12)4-10-8-7(3-9)6(2)11-13-8/h5,10,12H,4H2,1-2H3/t5-/m0/s1. The van der Waals surface area contributed by atoms with Crippen LogP contribution in [0.5, 0.6) is 0 Å². The van der Waals surface area contributed by atoms with Gasteiger partial charge in [0, 0.05) is 6.54 Å². The number of aromatic nitrogens is 1. The SMILES string of the molecule is Cc1nsc(NC[C@H](C)O)c1C#N. The molecule has 0 bridgehead atoms. The molecule has 1 heterocycles. The summed E-state index contributed by atoms with van der Waals surface area (Å²) in [5.74, 6) is 0. The Morgan fingerprint density at radius 1 is 1.77 bits per heavy atom. The molecule has 0 saturated carbocycles. The van der Waals surface area contributed by atoms with E-state index in [9.17, 15) is 0 Å². The molecule has 0 unspecified atom stereocenters. The molecular formula is C8H11N3OS. The van der Waals surface area contributed by atoms with Crippen LogP contribution in [0.4, 0.5) is 5.00 Å². The summed E-state index contributed by atoms with van der Waals surface area (Å²) in [6, 6.07) is 2.07. The molecule has 5 heteroatoms. The first kappa shape index (κ1) is 9.96. The Morgan fingerprint density at radius 2 is 2.46 bits per heavy atom. The molecule has 1 aromatic rings. The van der Waals surface area contributed by atoms with E-state index in [0.29, 0.717) is 12.1 Å². The molecule has 0 saturated heterocycles. The third-order valence-corrected chi connectivity index (χ3v) is 2.43. The van der Waals surface area contributed by atoms with Crippen LogP contribution in [0.25, 0.3) is 0 Å². The number of aliphatic hydroxyl groups is 1. The van der Waals surface area contributed by atoms with Crippen molar-refractivity contribution in [3.05, 3.63) is 11.3 Å². The molecule has 0 aromatic carbocycles. The van der Waals surface area contributed by atoms with Crippen LogP contribution in [0.2, 0.25) is 0 Å². The first-order valence-electron chi connectivity index (χ1n) is 3.93. The minimum atomic E-state index is -0.422. The van der Waals surface area contributed by atoms with Gasteiger partial charge in [-0.25, -0.2) is 0 Å². The van der Waals surface area contributed by atoms with E-state index < -0.39 is 6.10 Å². The largest absolute Gasteiger partial charge is 0.392 e. The number of hydrogen-bond acceptors (Lipinski definition) is 5. The fraction of sp³-hybridized carbons (Fsp3) is 0.500. The molecular weight excluding hydrogens is 186 g/mol. The summed E-state index contributed by atoms with van der Waals surface area (Å²) in [4.78, 5) is 0. The number of anilines is 1. The second kappa shape index (κ2) is 4.21. The molecule has 0 aliphatic heterocycles. The molecule has 0 aliphatic carbocycles. The molecule has 13 heavy (non-hydrogen) atoms. The Labute approximate surface area is 81.0 Å². The van der Waals surface area contributed by atoms with Gasteiger partial charge in [0.05, 0.1) is 11.8 Å². The van der Waals surface area contributed by atoms with E-state index in [0.717, 1.165) is 10.7 Å². The van der Waals surface area contributed by atoms with Gasteiger partial charge in [-0.3, -0.25) is 0 Å². The maximum absolute atomic E-state index is 9.02. The first-order valence-corrected chi connectivity index (χ1v) is 4.70. The molecule has 0 amide bonds. The molecule has 70 valence electrons. The number of nitrogens with one attached hydrogen (secondary N) is 1. The van der Waals surface area contributed by atoms with Crippen molar-refractivity contribution in [3.63, 3.8) is 0 Å². The van der Waals surface area contributed by atoms with E-state index in [1.165, 1.54) is 11.5 Å². The summed E-state index contributed by atoms with van der Waals surface area (Å²) in [5, 5.41) is 21.5. The van der Waals surface area contributed by atoms with Gasteiger partial charge >= 0.3 is 0 Å². The van der Waals surface area contributed by atoms with Crippen LogP contribution in [-0.4, -0.2) is 22.1 Å². The van der Waals surface area contributed by atoms with Gasteiger partial charge < -0.3 is 10.4 Å². The number of aliphatic hydroxyl groups excluding tert-OH is 1. The molecule has 0 spiro atoms. The summed E-state index contributed by atoms with van der Waals surface area (Å²) in [6.07, 6.45) is -0.422. The normalized spacial score (nSPS) is 12.2. The predicted molar refractivity (Wildman–Crippen MR) is 51.7 cm³/mol. The van der Waals surface area contributed by atoms with Crippen molar-refractivity contribution in [1.29, 1.82) is 5.26 Å². The summed E-state index contributed by atoms with van der Waals surface area (Å²) in [6.45, 7) is 3.92. The smallest absolute Gasteiger partial charge is 0.127 e. The molecule has 2 N–H and O–H groups in total. The number of nitriles is 1. The molecule has 0 radical (unpaired) electrons. The summed E-state index contributed by atoms with van der Waals surface area (Å²) >= 11 is 1.25. The van der Waals surface area contributed by atoms with E-state index >= 15 is 0 Å². The fourth-order valence-electron chi connectivity index (χ4n) is 0.862. The highest BCUT2D eigenvalue weighted by Crippen LogP contribution is 2.22. The molecule has 1 rings (SSSR count). The lowest BCUT2D eigenvalue weighted by atomic mass is 10.3. The monoisotopic (exact) mass is 197 g/mol. The van der Waals surface area contributed by atoms with Gasteiger partial charge in [0.25, 0.3) is 0 Å². The minimum Gasteiger partial charge on any atom is -0.392 e. The molecule has 0 fully saturated rings. The topological polar surface area (TPSA) is 68.9 Å². The van der Waals surface area contributed by atoms with Crippen molar-refractivity contribution in [2.75, 3.05) is 11.9 Å². The maximum Gasteiger partial charge on any atom is 0.127 e. The summed E-state index contributed by atoms with van der Waals surface area (Å²) in [5.41, 5.74) is 1.31. The van der Waals surface area contributed by atoms with Crippen LogP contribution in [-0.2, 0) is 0 Å². The lowest BCUT2D eigenvalue weighted by Gasteiger charge is -2.05. The Kier molecular flexibility index (Phi) is 3.23. The first-order chi connectivity index (χ1) is 6.15. The minimum absolute atomic E-state index is 0.422. The van der Waals surface area contributed by atoms with E-state index in [4.69, 9.17) is 10.4 Å². The van der Waals surface area contributed by atoms with Crippen LogP contribution in [0.15, 0.2) is 0 Å². The van der Waals surface area contributed by atoms with E-state index in [-0.39, 0.29) is 0 Å². The van der Waals surface area contributed by atoms with Crippen molar-refractivity contribution in [3.8, 4) is 6.07 Å². The summed E-state index contributed by atoms with van der Waals surface area (Å²) in [7, 11) is 0. The van der Waals surface area contributed by atoms with Crippen molar-refractivity contribution >= 4 is 16.5 Å². The Bertz CT molecular complexity index is 327. The lowest BCUT2D eigenvalue weighted by Crippen LogP contribution is -2.15. The van der Waals surface area contributed by atoms with Gasteiger partial charge in [-0.05, 0) is 25.4 Å². The number of rotatable bonds is 3. The summed E-state index contributed by atoms with van der Waals surface area (Å²) < 4.78 is 4.04. The second-order valence-corrected chi connectivity index (χ2v) is 3.59. The molecule has 4 nitrogen and oxygen atoms in total. The van der Waals surface area contributed by atoms with Crippen molar-refractivity contribution in [1.82, 2.24) is 4.37 Å². The van der Waals surface area contributed by atoms with Crippen LogP contribution < -0.4 is 5.32 Å². The van der Waals surface area contributed by atoms with Gasteiger partial charge in [0.15, 0.2) is 0 Å². The van der Waals surface area contributed by atoms with Gasteiger partial charge in [0.1, 0.15) is 16.6 Å². The average Bonchev–Trinajstić information content (AvgIpc) is 2.42. The third-order valence-electron chi connectivity index (χ3n) is 1.53. The number of hydrogen-bond donors (Lipinski definition) is 2. The predicted octanol–water partition coefficient (Wildman–Crippen LogP) is 1.12. The quantitative estimate of drug-likeness (QED) is 0.761.